The summed E-state index contributed by atoms with van der Waals surface area (Å²) >= 11 is 0. The molecule has 1 atom stereocenters. The van der Waals surface area contributed by atoms with Crippen LogP contribution in [0.5, 0.6) is 5.75 Å². The van der Waals surface area contributed by atoms with E-state index >= 15 is 0 Å². The Kier molecular flexibility index (Phi) is 6.05. The Bertz CT molecular complexity index is 468. The van der Waals surface area contributed by atoms with Gasteiger partial charge < -0.3 is 15.4 Å². The van der Waals surface area contributed by atoms with Crippen molar-refractivity contribution in [3.8, 4) is 5.75 Å². The first-order valence-electron chi connectivity index (χ1n) is 7.83. The van der Waals surface area contributed by atoms with Crippen molar-refractivity contribution in [1.29, 1.82) is 0 Å². The van der Waals surface area contributed by atoms with E-state index in [9.17, 15) is 4.79 Å². The highest BCUT2D eigenvalue weighted by atomic mass is 16.5. The average molecular weight is 290 g/mol. The van der Waals surface area contributed by atoms with Crippen LogP contribution < -0.4 is 15.4 Å². The van der Waals surface area contributed by atoms with Crippen LogP contribution in [0.25, 0.3) is 0 Å². The summed E-state index contributed by atoms with van der Waals surface area (Å²) in [5.74, 6) is 1.52. The largest absolute Gasteiger partial charge is 0.493 e. The number of hydrogen-bond acceptors (Lipinski definition) is 3. The van der Waals surface area contributed by atoms with E-state index in [1.54, 1.807) is 0 Å². The first-order chi connectivity index (χ1) is 10.2. The van der Waals surface area contributed by atoms with E-state index in [1.165, 1.54) is 18.4 Å². The molecule has 1 aromatic rings. The molecular formula is C17H26N2O2. The molecule has 0 saturated carbocycles. The highest BCUT2D eigenvalue weighted by Gasteiger charge is 2.13. The first kappa shape index (κ1) is 15.8. The predicted octanol–water partition coefficient (Wildman–Crippen LogP) is 2.19. The SMILES string of the molecule is Cc1cccc(OCCC(=O)NCC2CCCNC2)c1C. The van der Waals surface area contributed by atoms with Gasteiger partial charge in [0, 0.05) is 6.54 Å². The number of piperidine rings is 1. The summed E-state index contributed by atoms with van der Waals surface area (Å²) in [5.41, 5.74) is 2.35. The van der Waals surface area contributed by atoms with Gasteiger partial charge in [-0.05, 0) is 62.9 Å². The fourth-order valence-corrected chi connectivity index (χ4v) is 2.58. The lowest BCUT2D eigenvalue weighted by Crippen LogP contribution is -2.38. The maximum atomic E-state index is 11.8. The van der Waals surface area contributed by atoms with Gasteiger partial charge in [0.05, 0.1) is 13.0 Å². The summed E-state index contributed by atoms with van der Waals surface area (Å²) in [6, 6.07) is 5.99. The van der Waals surface area contributed by atoms with Crippen LogP contribution in [0.4, 0.5) is 0 Å². The molecule has 116 valence electrons. The van der Waals surface area contributed by atoms with Gasteiger partial charge in [0.15, 0.2) is 0 Å². The number of ether oxygens (including phenoxy) is 1. The average Bonchev–Trinajstić information content (AvgIpc) is 2.50. The van der Waals surface area contributed by atoms with Crippen molar-refractivity contribution in [1.82, 2.24) is 10.6 Å². The molecule has 0 radical (unpaired) electrons. The summed E-state index contributed by atoms with van der Waals surface area (Å²) in [6.45, 7) is 7.43. The van der Waals surface area contributed by atoms with E-state index in [1.807, 2.05) is 19.1 Å². The zero-order chi connectivity index (χ0) is 15.1. The molecule has 0 bridgehead atoms. The Balaban J connectivity index is 1.65. The molecule has 1 amide bonds. The zero-order valence-corrected chi connectivity index (χ0v) is 13.1. The lowest BCUT2D eigenvalue weighted by Gasteiger charge is -2.22. The fourth-order valence-electron chi connectivity index (χ4n) is 2.58. The fraction of sp³-hybridized carbons (Fsp3) is 0.588. The molecule has 2 N–H and O–H groups in total. The Morgan fingerprint density at radius 1 is 1.43 bits per heavy atom. The number of benzene rings is 1. The maximum Gasteiger partial charge on any atom is 0.223 e. The number of amides is 1. The molecule has 2 rings (SSSR count). The van der Waals surface area contributed by atoms with Crippen LogP contribution in [-0.2, 0) is 4.79 Å². The van der Waals surface area contributed by atoms with Crippen LogP contribution in [0.2, 0.25) is 0 Å². The molecule has 4 heteroatoms. The van der Waals surface area contributed by atoms with E-state index in [-0.39, 0.29) is 5.91 Å². The molecule has 1 fully saturated rings. The van der Waals surface area contributed by atoms with Crippen LogP contribution in [0.15, 0.2) is 18.2 Å². The third kappa shape index (κ3) is 5.05. The van der Waals surface area contributed by atoms with Gasteiger partial charge in [-0.15, -0.1) is 0 Å². The van der Waals surface area contributed by atoms with Crippen LogP contribution in [0.1, 0.15) is 30.4 Å². The van der Waals surface area contributed by atoms with Gasteiger partial charge in [-0.3, -0.25) is 4.79 Å². The summed E-state index contributed by atoms with van der Waals surface area (Å²) in [5, 5.41) is 6.36. The van der Waals surface area contributed by atoms with Gasteiger partial charge in [0.25, 0.3) is 0 Å². The summed E-state index contributed by atoms with van der Waals surface area (Å²) in [6.07, 6.45) is 2.82. The Labute approximate surface area is 127 Å². The molecule has 1 unspecified atom stereocenters. The van der Waals surface area contributed by atoms with Gasteiger partial charge in [-0.1, -0.05) is 12.1 Å². The topological polar surface area (TPSA) is 50.4 Å². The molecule has 0 aromatic heterocycles. The summed E-state index contributed by atoms with van der Waals surface area (Å²) in [7, 11) is 0. The monoisotopic (exact) mass is 290 g/mol. The third-order valence-corrected chi connectivity index (χ3v) is 4.13. The van der Waals surface area contributed by atoms with Gasteiger partial charge in [0.2, 0.25) is 5.91 Å². The molecule has 1 aromatic carbocycles. The van der Waals surface area contributed by atoms with Crippen molar-refractivity contribution in [3.63, 3.8) is 0 Å². The second-order valence-corrected chi connectivity index (χ2v) is 5.81. The number of hydrogen-bond donors (Lipinski definition) is 2. The van der Waals surface area contributed by atoms with Crippen molar-refractivity contribution in [3.05, 3.63) is 29.3 Å². The minimum absolute atomic E-state index is 0.0749. The van der Waals surface area contributed by atoms with Crippen molar-refractivity contribution in [2.45, 2.75) is 33.1 Å². The van der Waals surface area contributed by atoms with Crippen LogP contribution >= 0.6 is 0 Å². The van der Waals surface area contributed by atoms with Gasteiger partial charge in [-0.2, -0.15) is 0 Å². The van der Waals surface area contributed by atoms with Crippen molar-refractivity contribution in [2.75, 3.05) is 26.2 Å². The van der Waals surface area contributed by atoms with Crippen LogP contribution in [0, 0.1) is 19.8 Å². The first-order valence-corrected chi connectivity index (χ1v) is 7.83. The lowest BCUT2D eigenvalue weighted by atomic mass is 10.00. The number of aryl methyl sites for hydroxylation is 1. The Morgan fingerprint density at radius 3 is 3.05 bits per heavy atom. The second-order valence-electron chi connectivity index (χ2n) is 5.81. The molecule has 1 aliphatic rings. The minimum atomic E-state index is 0.0749. The highest BCUT2D eigenvalue weighted by Crippen LogP contribution is 2.20. The highest BCUT2D eigenvalue weighted by molar-refractivity contribution is 5.76. The molecule has 1 aliphatic heterocycles. The summed E-state index contributed by atoms with van der Waals surface area (Å²) < 4.78 is 5.71. The van der Waals surface area contributed by atoms with Crippen molar-refractivity contribution >= 4 is 5.91 Å². The second kappa shape index (κ2) is 8.03. The number of rotatable bonds is 6. The number of nitrogens with one attached hydrogen (secondary N) is 2. The quantitative estimate of drug-likeness (QED) is 0.844. The van der Waals surface area contributed by atoms with Crippen LogP contribution in [-0.4, -0.2) is 32.1 Å². The standard InChI is InChI=1S/C17H26N2O2/c1-13-5-3-7-16(14(13)2)21-10-8-17(20)19-12-15-6-4-9-18-11-15/h3,5,7,15,18H,4,6,8-12H2,1-2H3,(H,19,20). The Hall–Kier alpha value is -1.55. The van der Waals surface area contributed by atoms with Gasteiger partial charge in [0.1, 0.15) is 5.75 Å². The zero-order valence-electron chi connectivity index (χ0n) is 13.1. The summed E-state index contributed by atoms with van der Waals surface area (Å²) in [4.78, 5) is 11.8. The van der Waals surface area contributed by atoms with Gasteiger partial charge >= 0.3 is 0 Å². The van der Waals surface area contributed by atoms with Crippen molar-refractivity contribution < 1.29 is 9.53 Å². The predicted molar refractivity (Wildman–Crippen MR) is 84.6 cm³/mol. The van der Waals surface area contributed by atoms with E-state index in [2.05, 4.69) is 23.6 Å². The molecule has 21 heavy (non-hydrogen) atoms. The van der Waals surface area contributed by atoms with Gasteiger partial charge in [-0.25, -0.2) is 0 Å². The minimum Gasteiger partial charge on any atom is -0.493 e. The smallest absolute Gasteiger partial charge is 0.223 e. The molecular weight excluding hydrogens is 264 g/mol. The molecule has 1 heterocycles. The lowest BCUT2D eigenvalue weighted by molar-refractivity contribution is -0.121. The van der Waals surface area contributed by atoms with E-state index in [4.69, 9.17) is 4.74 Å². The maximum absolute atomic E-state index is 11.8. The number of carbonyl (C=O) groups is 1. The van der Waals surface area contributed by atoms with E-state index in [0.29, 0.717) is 18.9 Å². The normalized spacial score (nSPS) is 18.3. The van der Waals surface area contributed by atoms with Crippen molar-refractivity contribution in [2.24, 2.45) is 5.92 Å². The molecule has 0 spiro atoms. The van der Waals surface area contributed by atoms with E-state index in [0.717, 1.165) is 30.9 Å². The van der Waals surface area contributed by atoms with Crippen LogP contribution in [0.3, 0.4) is 0 Å². The molecule has 4 nitrogen and oxygen atoms in total. The molecule has 0 aliphatic carbocycles. The molecule has 1 saturated heterocycles. The third-order valence-electron chi connectivity index (χ3n) is 4.13. The van der Waals surface area contributed by atoms with E-state index < -0.39 is 0 Å². The Morgan fingerprint density at radius 2 is 2.29 bits per heavy atom. The number of carbonyl (C=O) groups excluding carboxylic acids is 1.